The SMILES string of the molecule is CS(=O)(=O)c1ccc(CNC(=O)c2ccc3cncc(-c4ccc(Cl)cc4)c3c2)cc1. The fourth-order valence-electron chi connectivity index (χ4n) is 3.30. The molecule has 0 fully saturated rings. The van der Waals surface area contributed by atoms with Gasteiger partial charge in [-0.15, -0.1) is 0 Å². The highest BCUT2D eigenvalue weighted by atomic mass is 35.5. The highest BCUT2D eigenvalue weighted by Crippen LogP contribution is 2.29. The second-order valence-corrected chi connectivity index (χ2v) is 9.68. The Morgan fingerprint density at radius 2 is 1.68 bits per heavy atom. The van der Waals surface area contributed by atoms with E-state index in [1.165, 1.54) is 12.1 Å². The Morgan fingerprint density at radius 1 is 0.968 bits per heavy atom. The van der Waals surface area contributed by atoms with E-state index in [2.05, 4.69) is 10.3 Å². The summed E-state index contributed by atoms with van der Waals surface area (Å²) in [7, 11) is -3.24. The van der Waals surface area contributed by atoms with Crippen LogP contribution in [0.25, 0.3) is 21.9 Å². The molecule has 1 heterocycles. The number of pyridine rings is 1. The van der Waals surface area contributed by atoms with Gasteiger partial charge >= 0.3 is 0 Å². The van der Waals surface area contributed by atoms with Gasteiger partial charge in [-0.05, 0) is 52.9 Å². The van der Waals surface area contributed by atoms with Crippen LogP contribution < -0.4 is 5.32 Å². The van der Waals surface area contributed by atoms with Crippen LogP contribution in [0.5, 0.6) is 0 Å². The van der Waals surface area contributed by atoms with E-state index in [1.54, 1.807) is 30.6 Å². The van der Waals surface area contributed by atoms with Crippen LogP contribution in [-0.4, -0.2) is 25.6 Å². The number of nitrogens with one attached hydrogen (secondary N) is 1. The Morgan fingerprint density at radius 3 is 2.35 bits per heavy atom. The minimum absolute atomic E-state index is 0.215. The second kappa shape index (κ2) is 8.49. The van der Waals surface area contributed by atoms with Gasteiger partial charge in [0, 0.05) is 46.7 Å². The van der Waals surface area contributed by atoms with Gasteiger partial charge in [0.2, 0.25) is 0 Å². The molecule has 7 heteroatoms. The number of nitrogens with zero attached hydrogens (tertiary/aromatic N) is 1. The number of carbonyl (C=O) groups is 1. The number of hydrogen-bond donors (Lipinski definition) is 1. The van der Waals surface area contributed by atoms with Crippen LogP contribution in [-0.2, 0) is 16.4 Å². The van der Waals surface area contributed by atoms with Crippen molar-refractivity contribution in [2.45, 2.75) is 11.4 Å². The lowest BCUT2D eigenvalue weighted by atomic mass is 9.99. The number of halogens is 1. The number of amides is 1. The lowest BCUT2D eigenvalue weighted by Gasteiger charge is -2.10. The van der Waals surface area contributed by atoms with Crippen molar-refractivity contribution >= 4 is 38.1 Å². The van der Waals surface area contributed by atoms with Crippen molar-refractivity contribution in [2.75, 3.05) is 6.26 Å². The second-order valence-electron chi connectivity index (χ2n) is 7.23. The molecule has 0 bridgehead atoms. The fraction of sp³-hybridized carbons (Fsp3) is 0.0833. The molecule has 0 unspecified atom stereocenters. The van der Waals surface area contributed by atoms with Crippen molar-refractivity contribution in [1.29, 1.82) is 0 Å². The molecule has 0 saturated heterocycles. The Kier molecular flexibility index (Phi) is 5.76. The minimum Gasteiger partial charge on any atom is -0.348 e. The van der Waals surface area contributed by atoms with Crippen LogP contribution in [0.2, 0.25) is 5.02 Å². The molecular formula is C24H19ClN2O3S. The Balaban J connectivity index is 1.57. The average molecular weight is 451 g/mol. The maximum absolute atomic E-state index is 12.7. The summed E-state index contributed by atoms with van der Waals surface area (Å²) in [5.74, 6) is -0.215. The summed E-state index contributed by atoms with van der Waals surface area (Å²) in [5, 5.41) is 5.39. The minimum atomic E-state index is -3.24. The van der Waals surface area contributed by atoms with Crippen LogP contribution in [0.4, 0.5) is 0 Å². The molecule has 4 rings (SSSR count). The Hall–Kier alpha value is -3.22. The summed E-state index contributed by atoms with van der Waals surface area (Å²) in [4.78, 5) is 17.3. The van der Waals surface area contributed by atoms with Gasteiger partial charge in [-0.25, -0.2) is 8.42 Å². The van der Waals surface area contributed by atoms with E-state index in [-0.39, 0.29) is 10.8 Å². The molecule has 5 nitrogen and oxygen atoms in total. The van der Waals surface area contributed by atoms with Gasteiger partial charge in [0.15, 0.2) is 9.84 Å². The zero-order valence-electron chi connectivity index (χ0n) is 16.7. The topological polar surface area (TPSA) is 76.1 Å². The number of benzene rings is 3. The molecule has 156 valence electrons. The van der Waals surface area contributed by atoms with Crippen LogP contribution in [0.1, 0.15) is 15.9 Å². The summed E-state index contributed by atoms with van der Waals surface area (Å²) in [6.45, 7) is 0.293. The Labute approximate surface area is 185 Å². The van der Waals surface area contributed by atoms with Crippen molar-refractivity contribution in [3.63, 3.8) is 0 Å². The molecular weight excluding hydrogens is 432 g/mol. The number of sulfone groups is 1. The van der Waals surface area contributed by atoms with Gasteiger partial charge in [-0.1, -0.05) is 41.9 Å². The maximum Gasteiger partial charge on any atom is 0.251 e. The molecule has 31 heavy (non-hydrogen) atoms. The highest BCUT2D eigenvalue weighted by molar-refractivity contribution is 7.90. The molecule has 0 radical (unpaired) electrons. The highest BCUT2D eigenvalue weighted by Gasteiger charge is 2.11. The smallest absolute Gasteiger partial charge is 0.251 e. The third-order valence-electron chi connectivity index (χ3n) is 4.98. The van der Waals surface area contributed by atoms with E-state index in [0.717, 1.165) is 33.7 Å². The molecule has 1 N–H and O–H groups in total. The molecule has 0 aliphatic heterocycles. The first-order valence-corrected chi connectivity index (χ1v) is 11.8. The molecule has 0 saturated carbocycles. The molecule has 0 spiro atoms. The lowest BCUT2D eigenvalue weighted by Crippen LogP contribution is -2.22. The molecule has 1 aromatic heterocycles. The van der Waals surface area contributed by atoms with Crippen molar-refractivity contribution in [3.05, 3.63) is 95.3 Å². The van der Waals surface area contributed by atoms with Gasteiger partial charge in [-0.2, -0.15) is 0 Å². The molecule has 3 aromatic carbocycles. The number of carbonyl (C=O) groups excluding carboxylic acids is 1. The van der Waals surface area contributed by atoms with Gasteiger partial charge in [0.1, 0.15) is 0 Å². The molecule has 0 atom stereocenters. The van der Waals surface area contributed by atoms with E-state index in [9.17, 15) is 13.2 Å². The maximum atomic E-state index is 12.7. The summed E-state index contributed by atoms with van der Waals surface area (Å²) in [6.07, 6.45) is 4.70. The number of fused-ring (bicyclic) bond motifs is 1. The zero-order valence-corrected chi connectivity index (χ0v) is 18.2. The van der Waals surface area contributed by atoms with Crippen molar-refractivity contribution in [3.8, 4) is 11.1 Å². The van der Waals surface area contributed by atoms with E-state index < -0.39 is 9.84 Å². The normalized spacial score (nSPS) is 11.4. The third-order valence-corrected chi connectivity index (χ3v) is 6.36. The van der Waals surface area contributed by atoms with Crippen LogP contribution in [0, 0.1) is 0 Å². The van der Waals surface area contributed by atoms with Crippen molar-refractivity contribution in [2.24, 2.45) is 0 Å². The predicted molar refractivity (Wildman–Crippen MR) is 123 cm³/mol. The van der Waals surface area contributed by atoms with Crippen molar-refractivity contribution < 1.29 is 13.2 Å². The summed E-state index contributed by atoms with van der Waals surface area (Å²) in [6, 6.07) is 19.4. The molecule has 0 aliphatic rings. The first-order valence-electron chi connectivity index (χ1n) is 9.52. The monoisotopic (exact) mass is 450 g/mol. The fourth-order valence-corrected chi connectivity index (χ4v) is 4.06. The quantitative estimate of drug-likeness (QED) is 0.469. The van der Waals surface area contributed by atoms with Crippen molar-refractivity contribution in [1.82, 2.24) is 10.3 Å². The molecule has 4 aromatic rings. The number of aromatic nitrogens is 1. The van der Waals surface area contributed by atoms with Crippen LogP contribution in [0.3, 0.4) is 0 Å². The van der Waals surface area contributed by atoms with Gasteiger partial charge < -0.3 is 5.32 Å². The number of rotatable bonds is 5. The lowest BCUT2D eigenvalue weighted by molar-refractivity contribution is 0.0951. The summed E-state index contributed by atoms with van der Waals surface area (Å²) >= 11 is 6.00. The molecule has 0 aliphatic carbocycles. The first-order chi connectivity index (χ1) is 14.8. The van der Waals surface area contributed by atoms with E-state index in [0.29, 0.717) is 17.1 Å². The Bertz CT molecular complexity index is 1370. The van der Waals surface area contributed by atoms with Gasteiger partial charge in [-0.3, -0.25) is 9.78 Å². The third kappa shape index (κ3) is 4.76. The van der Waals surface area contributed by atoms with Crippen LogP contribution >= 0.6 is 11.6 Å². The number of hydrogen-bond acceptors (Lipinski definition) is 4. The van der Waals surface area contributed by atoms with Crippen LogP contribution in [0.15, 0.2) is 84.0 Å². The van der Waals surface area contributed by atoms with Gasteiger partial charge in [0.25, 0.3) is 5.91 Å². The zero-order chi connectivity index (χ0) is 22.0. The molecule has 1 amide bonds. The van der Waals surface area contributed by atoms with Gasteiger partial charge in [0.05, 0.1) is 4.90 Å². The largest absolute Gasteiger partial charge is 0.348 e. The average Bonchev–Trinajstić information content (AvgIpc) is 2.77. The van der Waals surface area contributed by atoms with E-state index in [1.807, 2.05) is 36.4 Å². The predicted octanol–water partition coefficient (Wildman–Crippen LogP) is 4.89. The first kappa shape index (κ1) is 21.0. The standard InChI is InChI=1S/C24H19ClN2O3S/c1-31(29,30)21-10-2-16(3-11-21)13-27-24(28)18-4-5-19-14-26-15-23(22(19)12-18)17-6-8-20(25)9-7-17/h2-12,14-15H,13H2,1H3,(H,27,28). The van der Waals surface area contributed by atoms with E-state index >= 15 is 0 Å². The van der Waals surface area contributed by atoms with E-state index in [4.69, 9.17) is 11.6 Å². The summed E-state index contributed by atoms with van der Waals surface area (Å²) in [5.41, 5.74) is 3.22. The summed E-state index contributed by atoms with van der Waals surface area (Å²) < 4.78 is 23.1.